The van der Waals surface area contributed by atoms with Crippen LogP contribution in [0.15, 0.2) is 22.7 Å². The maximum Gasteiger partial charge on any atom is 0.234 e. The first-order chi connectivity index (χ1) is 8.02. The lowest BCUT2D eigenvalue weighted by atomic mass is 10.2. The SMILES string of the molecule is Cc1cc(NC(=O)CSC(C)CO)ccc1Br. The number of anilines is 1. The minimum Gasteiger partial charge on any atom is -0.395 e. The molecule has 0 saturated heterocycles. The fourth-order valence-electron chi connectivity index (χ4n) is 1.19. The Bertz CT molecular complexity index is 398. The monoisotopic (exact) mass is 317 g/mol. The van der Waals surface area contributed by atoms with Gasteiger partial charge in [-0.2, -0.15) is 0 Å². The summed E-state index contributed by atoms with van der Waals surface area (Å²) in [6, 6.07) is 5.69. The normalized spacial score (nSPS) is 12.2. The van der Waals surface area contributed by atoms with E-state index in [0.29, 0.717) is 5.75 Å². The van der Waals surface area contributed by atoms with Crippen molar-refractivity contribution >= 4 is 39.3 Å². The lowest BCUT2D eigenvalue weighted by Crippen LogP contribution is -2.16. The number of thioether (sulfide) groups is 1. The van der Waals surface area contributed by atoms with Gasteiger partial charge in [0.15, 0.2) is 0 Å². The number of nitrogens with one attached hydrogen (secondary N) is 1. The summed E-state index contributed by atoms with van der Waals surface area (Å²) in [6.45, 7) is 3.96. The summed E-state index contributed by atoms with van der Waals surface area (Å²) < 4.78 is 1.03. The van der Waals surface area contributed by atoms with Crippen molar-refractivity contribution in [2.75, 3.05) is 17.7 Å². The van der Waals surface area contributed by atoms with E-state index in [1.165, 1.54) is 11.8 Å². The van der Waals surface area contributed by atoms with Crippen LogP contribution in [0.25, 0.3) is 0 Å². The number of hydrogen-bond donors (Lipinski definition) is 2. The molecule has 1 unspecified atom stereocenters. The van der Waals surface area contributed by atoms with Crippen molar-refractivity contribution in [3.05, 3.63) is 28.2 Å². The van der Waals surface area contributed by atoms with Crippen LogP contribution in [0.1, 0.15) is 12.5 Å². The van der Waals surface area contributed by atoms with Crippen LogP contribution in [-0.2, 0) is 4.79 Å². The fourth-order valence-corrected chi connectivity index (χ4v) is 2.05. The summed E-state index contributed by atoms with van der Waals surface area (Å²) >= 11 is 4.85. The van der Waals surface area contributed by atoms with Gasteiger partial charge in [0.2, 0.25) is 5.91 Å². The Morgan fingerprint density at radius 2 is 2.29 bits per heavy atom. The van der Waals surface area contributed by atoms with Gasteiger partial charge < -0.3 is 10.4 Å². The molecular weight excluding hydrogens is 302 g/mol. The van der Waals surface area contributed by atoms with Crippen LogP contribution in [0.2, 0.25) is 0 Å². The topological polar surface area (TPSA) is 49.3 Å². The number of carbonyl (C=O) groups is 1. The Morgan fingerprint density at radius 1 is 1.59 bits per heavy atom. The zero-order valence-corrected chi connectivity index (χ0v) is 12.3. The largest absolute Gasteiger partial charge is 0.395 e. The molecule has 94 valence electrons. The zero-order chi connectivity index (χ0) is 12.8. The predicted molar refractivity (Wildman–Crippen MR) is 76.5 cm³/mol. The predicted octanol–water partition coefficient (Wildman–Crippen LogP) is 2.81. The van der Waals surface area contributed by atoms with E-state index in [0.717, 1.165) is 15.7 Å². The molecule has 0 bridgehead atoms. The summed E-state index contributed by atoms with van der Waals surface area (Å²) in [5, 5.41) is 11.8. The van der Waals surface area contributed by atoms with Gasteiger partial charge in [0.25, 0.3) is 0 Å². The number of hydrogen-bond acceptors (Lipinski definition) is 3. The Kier molecular flexibility index (Phi) is 6.02. The zero-order valence-electron chi connectivity index (χ0n) is 9.87. The summed E-state index contributed by atoms with van der Waals surface area (Å²) in [7, 11) is 0. The number of aliphatic hydroxyl groups excluding tert-OH is 1. The number of amides is 1. The van der Waals surface area contributed by atoms with Crippen LogP contribution in [0.4, 0.5) is 5.69 Å². The molecule has 1 aromatic rings. The number of aryl methyl sites for hydroxylation is 1. The van der Waals surface area contributed by atoms with Gasteiger partial charge in [-0.1, -0.05) is 22.9 Å². The molecule has 2 N–H and O–H groups in total. The molecular formula is C12H16BrNO2S. The second kappa shape index (κ2) is 7.03. The first-order valence-electron chi connectivity index (χ1n) is 5.31. The quantitative estimate of drug-likeness (QED) is 0.878. The lowest BCUT2D eigenvalue weighted by Gasteiger charge is -2.09. The van der Waals surface area contributed by atoms with Gasteiger partial charge in [-0.25, -0.2) is 0 Å². The third-order valence-electron chi connectivity index (χ3n) is 2.20. The Morgan fingerprint density at radius 3 is 2.88 bits per heavy atom. The van der Waals surface area contributed by atoms with E-state index in [4.69, 9.17) is 5.11 Å². The first-order valence-corrected chi connectivity index (χ1v) is 7.15. The number of halogens is 1. The highest BCUT2D eigenvalue weighted by molar-refractivity contribution is 9.10. The van der Waals surface area contributed by atoms with E-state index >= 15 is 0 Å². The molecule has 0 aromatic heterocycles. The van der Waals surface area contributed by atoms with Gasteiger partial charge >= 0.3 is 0 Å². The maximum atomic E-state index is 11.6. The van der Waals surface area contributed by atoms with E-state index in [1.807, 2.05) is 32.0 Å². The van der Waals surface area contributed by atoms with Crippen LogP contribution in [-0.4, -0.2) is 28.6 Å². The Labute approximate surface area is 114 Å². The van der Waals surface area contributed by atoms with Gasteiger partial charge in [-0.05, 0) is 30.7 Å². The van der Waals surface area contributed by atoms with E-state index in [2.05, 4.69) is 21.2 Å². The van der Waals surface area contributed by atoms with Crippen LogP contribution in [0, 0.1) is 6.92 Å². The maximum absolute atomic E-state index is 11.6. The Hall–Kier alpha value is -0.520. The molecule has 0 spiro atoms. The van der Waals surface area contributed by atoms with Crippen molar-refractivity contribution in [3.8, 4) is 0 Å². The van der Waals surface area contributed by atoms with Crippen LogP contribution < -0.4 is 5.32 Å². The van der Waals surface area contributed by atoms with Gasteiger partial charge in [0.05, 0.1) is 12.4 Å². The molecule has 0 aliphatic carbocycles. The molecule has 0 radical (unpaired) electrons. The molecule has 0 aliphatic rings. The number of benzene rings is 1. The molecule has 0 saturated carbocycles. The Balaban J connectivity index is 2.48. The van der Waals surface area contributed by atoms with Crippen molar-refractivity contribution in [3.63, 3.8) is 0 Å². The highest BCUT2D eigenvalue weighted by Crippen LogP contribution is 2.20. The average molecular weight is 318 g/mol. The molecule has 5 heteroatoms. The van der Waals surface area contributed by atoms with E-state index in [1.54, 1.807) is 0 Å². The summed E-state index contributed by atoms with van der Waals surface area (Å²) in [5.74, 6) is 0.314. The van der Waals surface area contributed by atoms with E-state index in [-0.39, 0.29) is 17.8 Å². The van der Waals surface area contributed by atoms with Gasteiger partial charge in [0.1, 0.15) is 0 Å². The number of rotatable bonds is 5. The van der Waals surface area contributed by atoms with Crippen molar-refractivity contribution in [2.45, 2.75) is 19.1 Å². The van der Waals surface area contributed by atoms with Gasteiger partial charge in [-0.15, -0.1) is 11.8 Å². The van der Waals surface area contributed by atoms with Crippen molar-refractivity contribution < 1.29 is 9.90 Å². The molecule has 1 atom stereocenters. The number of aliphatic hydroxyl groups is 1. The molecule has 0 heterocycles. The molecule has 1 rings (SSSR count). The molecule has 0 aliphatic heterocycles. The van der Waals surface area contributed by atoms with Crippen LogP contribution in [0.3, 0.4) is 0 Å². The molecule has 0 fully saturated rings. The van der Waals surface area contributed by atoms with Crippen molar-refractivity contribution in [2.24, 2.45) is 0 Å². The molecule has 17 heavy (non-hydrogen) atoms. The summed E-state index contributed by atoms with van der Waals surface area (Å²) in [5.41, 5.74) is 1.88. The minimum absolute atomic E-state index is 0.0444. The van der Waals surface area contributed by atoms with Crippen LogP contribution >= 0.6 is 27.7 Å². The third-order valence-corrected chi connectivity index (χ3v) is 4.23. The second-order valence-corrected chi connectivity index (χ2v) is 6.10. The molecule has 1 amide bonds. The summed E-state index contributed by atoms with van der Waals surface area (Å²) in [4.78, 5) is 11.6. The average Bonchev–Trinajstić information content (AvgIpc) is 2.31. The minimum atomic E-state index is -0.0444. The fraction of sp³-hybridized carbons (Fsp3) is 0.417. The second-order valence-electron chi connectivity index (χ2n) is 3.82. The molecule has 3 nitrogen and oxygen atoms in total. The highest BCUT2D eigenvalue weighted by Gasteiger charge is 2.07. The third kappa shape index (κ3) is 5.10. The van der Waals surface area contributed by atoms with Crippen molar-refractivity contribution in [1.82, 2.24) is 0 Å². The van der Waals surface area contributed by atoms with Gasteiger partial charge in [0, 0.05) is 15.4 Å². The smallest absolute Gasteiger partial charge is 0.234 e. The summed E-state index contributed by atoms with van der Waals surface area (Å²) in [6.07, 6.45) is 0. The highest BCUT2D eigenvalue weighted by atomic mass is 79.9. The lowest BCUT2D eigenvalue weighted by molar-refractivity contribution is -0.113. The van der Waals surface area contributed by atoms with Crippen molar-refractivity contribution in [1.29, 1.82) is 0 Å². The van der Waals surface area contributed by atoms with Crippen LogP contribution in [0.5, 0.6) is 0 Å². The van der Waals surface area contributed by atoms with Gasteiger partial charge in [-0.3, -0.25) is 4.79 Å². The first kappa shape index (κ1) is 14.5. The number of carbonyl (C=O) groups excluding carboxylic acids is 1. The standard InChI is InChI=1S/C12H16BrNO2S/c1-8-5-10(3-4-11(8)13)14-12(16)7-17-9(2)6-15/h3-5,9,15H,6-7H2,1-2H3,(H,14,16). The molecule has 1 aromatic carbocycles. The van der Waals surface area contributed by atoms with E-state index in [9.17, 15) is 4.79 Å². The van der Waals surface area contributed by atoms with E-state index < -0.39 is 0 Å².